The Labute approximate surface area is 126 Å². The lowest BCUT2D eigenvalue weighted by Crippen LogP contribution is -2.23. The van der Waals surface area contributed by atoms with Gasteiger partial charge in [-0.3, -0.25) is 4.79 Å². The molecule has 1 aliphatic heterocycles. The summed E-state index contributed by atoms with van der Waals surface area (Å²) in [5, 5.41) is 6.32. The molecular formula is C15H23ClN2O2. The number of carbonyl (C=O) groups is 1. The van der Waals surface area contributed by atoms with Gasteiger partial charge in [-0.15, -0.1) is 12.4 Å². The molecule has 0 bridgehead atoms. The van der Waals surface area contributed by atoms with Crippen LogP contribution >= 0.6 is 12.4 Å². The van der Waals surface area contributed by atoms with E-state index in [2.05, 4.69) is 10.6 Å². The number of benzene rings is 1. The highest BCUT2D eigenvalue weighted by Crippen LogP contribution is 2.18. The summed E-state index contributed by atoms with van der Waals surface area (Å²) in [4.78, 5) is 11.9. The van der Waals surface area contributed by atoms with E-state index in [-0.39, 0.29) is 18.3 Å². The van der Waals surface area contributed by atoms with Crippen molar-refractivity contribution < 1.29 is 9.53 Å². The maximum atomic E-state index is 11.9. The molecule has 1 aliphatic rings. The quantitative estimate of drug-likeness (QED) is 0.849. The lowest BCUT2D eigenvalue weighted by Gasteiger charge is -2.10. The molecule has 112 valence electrons. The first-order valence-electron chi connectivity index (χ1n) is 7.04. The summed E-state index contributed by atoms with van der Waals surface area (Å²) in [6, 6.07) is 8.03. The van der Waals surface area contributed by atoms with Crippen LogP contribution in [0.1, 0.15) is 32.6 Å². The topological polar surface area (TPSA) is 50.4 Å². The molecule has 2 rings (SSSR count). The van der Waals surface area contributed by atoms with Gasteiger partial charge in [-0.2, -0.15) is 0 Å². The van der Waals surface area contributed by atoms with E-state index in [1.165, 1.54) is 12.8 Å². The van der Waals surface area contributed by atoms with Crippen molar-refractivity contribution in [1.29, 1.82) is 0 Å². The van der Waals surface area contributed by atoms with Gasteiger partial charge in [0, 0.05) is 24.2 Å². The largest absolute Gasteiger partial charge is 0.494 e. The van der Waals surface area contributed by atoms with E-state index in [9.17, 15) is 4.79 Å². The number of carbonyl (C=O) groups excluding carboxylic acids is 1. The fourth-order valence-electron chi connectivity index (χ4n) is 2.36. The maximum absolute atomic E-state index is 11.9. The van der Waals surface area contributed by atoms with Crippen LogP contribution in [0.25, 0.3) is 0 Å². The Hall–Kier alpha value is -1.26. The fraction of sp³-hybridized carbons (Fsp3) is 0.533. The summed E-state index contributed by atoms with van der Waals surface area (Å²) in [6.45, 7) is 3.66. The highest BCUT2D eigenvalue weighted by molar-refractivity contribution is 5.90. The van der Waals surface area contributed by atoms with Crippen LogP contribution in [-0.2, 0) is 4.79 Å². The van der Waals surface area contributed by atoms with Crippen molar-refractivity contribution in [3.63, 3.8) is 0 Å². The van der Waals surface area contributed by atoms with E-state index in [0.717, 1.165) is 24.4 Å². The summed E-state index contributed by atoms with van der Waals surface area (Å²) < 4.78 is 5.41. The van der Waals surface area contributed by atoms with Gasteiger partial charge in [0.05, 0.1) is 6.61 Å². The summed E-state index contributed by atoms with van der Waals surface area (Å²) in [6.07, 6.45) is 3.89. The van der Waals surface area contributed by atoms with Crippen LogP contribution in [-0.4, -0.2) is 25.1 Å². The van der Waals surface area contributed by atoms with Crippen LogP contribution in [0, 0.1) is 0 Å². The number of anilines is 1. The van der Waals surface area contributed by atoms with Gasteiger partial charge in [0.25, 0.3) is 0 Å². The highest BCUT2D eigenvalue weighted by atomic mass is 35.5. The van der Waals surface area contributed by atoms with Crippen LogP contribution < -0.4 is 15.4 Å². The van der Waals surface area contributed by atoms with Crippen LogP contribution in [0.3, 0.4) is 0 Å². The average Bonchev–Trinajstić information content (AvgIpc) is 2.90. The Morgan fingerprint density at radius 1 is 1.50 bits per heavy atom. The van der Waals surface area contributed by atoms with Gasteiger partial charge in [0.2, 0.25) is 5.91 Å². The third-order valence-electron chi connectivity index (χ3n) is 3.31. The van der Waals surface area contributed by atoms with Gasteiger partial charge in [-0.25, -0.2) is 0 Å². The zero-order valence-corrected chi connectivity index (χ0v) is 12.7. The Morgan fingerprint density at radius 2 is 2.35 bits per heavy atom. The molecule has 1 fully saturated rings. The van der Waals surface area contributed by atoms with Crippen molar-refractivity contribution in [3.05, 3.63) is 24.3 Å². The van der Waals surface area contributed by atoms with E-state index >= 15 is 0 Å². The van der Waals surface area contributed by atoms with Crippen LogP contribution in [0.2, 0.25) is 0 Å². The minimum Gasteiger partial charge on any atom is -0.494 e. The zero-order chi connectivity index (χ0) is 13.5. The monoisotopic (exact) mass is 298 g/mol. The second-order valence-electron chi connectivity index (χ2n) is 4.84. The van der Waals surface area contributed by atoms with E-state index in [1.807, 2.05) is 31.2 Å². The van der Waals surface area contributed by atoms with Crippen molar-refractivity contribution >= 4 is 24.0 Å². The standard InChI is InChI=1S/C15H22N2O2.ClH/c1-2-19-14-7-3-5-13(11-14)17-15(18)9-8-12-6-4-10-16-12;/h3,5,7,11-12,16H,2,4,6,8-10H2,1H3,(H,17,18);1H. The Balaban J connectivity index is 0.00000200. The first-order valence-corrected chi connectivity index (χ1v) is 7.04. The van der Waals surface area contributed by atoms with Gasteiger partial charge in [0.15, 0.2) is 0 Å². The first-order chi connectivity index (χ1) is 9.28. The SMILES string of the molecule is CCOc1cccc(NC(=O)CCC2CCCN2)c1.Cl. The number of hydrogen-bond acceptors (Lipinski definition) is 3. The zero-order valence-electron chi connectivity index (χ0n) is 11.9. The van der Waals surface area contributed by atoms with E-state index < -0.39 is 0 Å². The minimum absolute atomic E-state index is 0. The number of amides is 1. The second kappa shape index (κ2) is 8.82. The molecule has 1 heterocycles. The molecular weight excluding hydrogens is 276 g/mol. The second-order valence-corrected chi connectivity index (χ2v) is 4.84. The number of hydrogen-bond donors (Lipinski definition) is 2. The van der Waals surface area contributed by atoms with Crippen molar-refractivity contribution in [2.75, 3.05) is 18.5 Å². The molecule has 0 aromatic heterocycles. The Morgan fingerprint density at radius 3 is 3.05 bits per heavy atom. The van der Waals surface area contributed by atoms with Gasteiger partial charge < -0.3 is 15.4 Å². The van der Waals surface area contributed by atoms with Gasteiger partial charge in [-0.1, -0.05) is 6.07 Å². The van der Waals surface area contributed by atoms with Crippen molar-refractivity contribution in [3.8, 4) is 5.75 Å². The molecule has 0 aliphatic carbocycles. The number of ether oxygens (including phenoxy) is 1. The van der Waals surface area contributed by atoms with E-state index in [4.69, 9.17) is 4.74 Å². The molecule has 0 radical (unpaired) electrons. The minimum atomic E-state index is 0. The van der Waals surface area contributed by atoms with E-state index in [0.29, 0.717) is 19.1 Å². The summed E-state index contributed by atoms with van der Waals surface area (Å²) >= 11 is 0. The smallest absolute Gasteiger partial charge is 0.224 e. The predicted molar refractivity (Wildman–Crippen MR) is 83.7 cm³/mol. The van der Waals surface area contributed by atoms with Crippen molar-refractivity contribution in [1.82, 2.24) is 5.32 Å². The molecule has 0 saturated carbocycles. The van der Waals surface area contributed by atoms with Crippen molar-refractivity contribution in [2.45, 2.75) is 38.6 Å². The third kappa shape index (κ3) is 5.39. The average molecular weight is 299 g/mol. The fourth-order valence-corrected chi connectivity index (χ4v) is 2.36. The normalized spacial score (nSPS) is 17.4. The first kappa shape index (κ1) is 16.8. The number of rotatable bonds is 6. The Bertz CT molecular complexity index is 420. The molecule has 1 saturated heterocycles. The highest BCUT2D eigenvalue weighted by Gasteiger charge is 2.15. The summed E-state index contributed by atoms with van der Waals surface area (Å²) in [5.41, 5.74) is 0.801. The van der Waals surface area contributed by atoms with Crippen LogP contribution in [0.15, 0.2) is 24.3 Å². The molecule has 2 N–H and O–H groups in total. The molecule has 1 unspecified atom stereocenters. The lowest BCUT2D eigenvalue weighted by atomic mass is 10.1. The third-order valence-corrected chi connectivity index (χ3v) is 3.31. The predicted octanol–water partition coefficient (Wildman–Crippen LogP) is 2.98. The maximum Gasteiger partial charge on any atom is 0.224 e. The van der Waals surface area contributed by atoms with Gasteiger partial charge >= 0.3 is 0 Å². The molecule has 20 heavy (non-hydrogen) atoms. The molecule has 1 aromatic rings. The summed E-state index contributed by atoms with van der Waals surface area (Å²) in [7, 11) is 0. The lowest BCUT2D eigenvalue weighted by molar-refractivity contribution is -0.116. The molecule has 5 heteroatoms. The van der Waals surface area contributed by atoms with Crippen LogP contribution in [0.4, 0.5) is 5.69 Å². The Kier molecular flexibility index (Phi) is 7.41. The van der Waals surface area contributed by atoms with Gasteiger partial charge in [0.1, 0.15) is 5.75 Å². The molecule has 1 atom stereocenters. The molecule has 1 amide bonds. The number of halogens is 1. The number of nitrogens with one attached hydrogen (secondary N) is 2. The molecule has 4 nitrogen and oxygen atoms in total. The van der Waals surface area contributed by atoms with Gasteiger partial charge in [-0.05, 0) is 44.9 Å². The molecule has 1 aromatic carbocycles. The van der Waals surface area contributed by atoms with Crippen LogP contribution in [0.5, 0.6) is 5.75 Å². The summed E-state index contributed by atoms with van der Waals surface area (Å²) in [5.74, 6) is 0.861. The molecule has 0 spiro atoms. The van der Waals surface area contributed by atoms with Crippen molar-refractivity contribution in [2.24, 2.45) is 0 Å². The van der Waals surface area contributed by atoms with E-state index in [1.54, 1.807) is 0 Å².